The van der Waals surface area contributed by atoms with E-state index in [0.717, 1.165) is 0 Å². The summed E-state index contributed by atoms with van der Waals surface area (Å²) in [5, 5.41) is 7.80. The van der Waals surface area contributed by atoms with Crippen LogP contribution in [0.5, 0.6) is 0 Å². The van der Waals surface area contributed by atoms with E-state index in [1.807, 2.05) is 4.90 Å². The summed E-state index contributed by atoms with van der Waals surface area (Å²) in [5.41, 5.74) is 0.659. The van der Waals surface area contributed by atoms with Gasteiger partial charge in [0.2, 0.25) is 0 Å². The number of anilines is 1. The number of halogens is 3. The molecule has 0 N–H and O–H groups in total. The van der Waals surface area contributed by atoms with Crippen molar-refractivity contribution in [1.29, 1.82) is 0 Å². The van der Waals surface area contributed by atoms with E-state index < -0.39 is 6.17 Å². The normalized spacial score (nSPS) is 21.6. The molecule has 0 saturated carbocycles. The highest BCUT2D eigenvalue weighted by Gasteiger charge is 2.24. The molecule has 1 aromatic heterocycles. The second-order valence-electron chi connectivity index (χ2n) is 3.18. The van der Waals surface area contributed by atoms with Gasteiger partial charge >= 0.3 is 0 Å². The number of hydrogen-bond donors (Lipinski definition) is 0. The zero-order valence-electron chi connectivity index (χ0n) is 7.25. The Morgan fingerprint density at radius 1 is 1.43 bits per heavy atom. The largest absolute Gasteiger partial charge is 0.366 e. The number of rotatable bonds is 1. The highest BCUT2D eigenvalue weighted by molar-refractivity contribution is 6.33. The van der Waals surface area contributed by atoms with Crippen LogP contribution in [0.15, 0.2) is 6.07 Å². The maximum Gasteiger partial charge on any atom is 0.175 e. The summed E-state index contributed by atoms with van der Waals surface area (Å²) in [6.45, 7) is 0.991. The van der Waals surface area contributed by atoms with Crippen LogP contribution >= 0.6 is 23.2 Å². The van der Waals surface area contributed by atoms with Crippen LogP contribution < -0.4 is 4.90 Å². The Labute approximate surface area is 90.8 Å². The quantitative estimate of drug-likeness (QED) is 0.749. The molecule has 76 valence electrons. The van der Waals surface area contributed by atoms with E-state index in [1.165, 1.54) is 0 Å². The van der Waals surface area contributed by atoms with E-state index in [9.17, 15) is 4.39 Å². The molecule has 0 aliphatic carbocycles. The van der Waals surface area contributed by atoms with Crippen LogP contribution in [0.2, 0.25) is 10.3 Å². The predicted molar refractivity (Wildman–Crippen MR) is 53.8 cm³/mol. The maximum absolute atomic E-state index is 12.9. The Hall–Kier alpha value is -0.610. The first-order chi connectivity index (χ1) is 6.66. The third kappa shape index (κ3) is 1.91. The number of nitrogens with zero attached hydrogens (tertiary/aromatic N) is 3. The van der Waals surface area contributed by atoms with Gasteiger partial charge < -0.3 is 4.90 Å². The van der Waals surface area contributed by atoms with Crippen molar-refractivity contribution in [2.45, 2.75) is 12.6 Å². The van der Waals surface area contributed by atoms with Gasteiger partial charge in [-0.2, -0.15) is 0 Å². The van der Waals surface area contributed by atoms with Gasteiger partial charge in [-0.15, -0.1) is 10.2 Å². The molecule has 0 radical (unpaired) electrons. The molecule has 0 amide bonds. The number of aromatic nitrogens is 2. The van der Waals surface area contributed by atoms with Crippen molar-refractivity contribution in [2.24, 2.45) is 0 Å². The maximum atomic E-state index is 12.9. The summed E-state index contributed by atoms with van der Waals surface area (Å²) in [5.74, 6) is 0. The lowest BCUT2D eigenvalue weighted by molar-refractivity contribution is 0.364. The first kappa shape index (κ1) is 9.93. The molecular formula is C8H8Cl2FN3. The predicted octanol–water partition coefficient (Wildman–Crippen LogP) is 2.33. The summed E-state index contributed by atoms with van der Waals surface area (Å²) in [6, 6.07) is 1.61. The molecule has 0 spiro atoms. The SMILES string of the molecule is FC1CCN(c2cc(Cl)nnc2Cl)C1. The summed E-state index contributed by atoms with van der Waals surface area (Å²) in [6.07, 6.45) is -0.269. The van der Waals surface area contributed by atoms with Crippen molar-refractivity contribution in [1.82, 2.24) is 10.2 Å². The fraction of sp³-hybridized carbons (Fsp3) is 0.500. The molecule has 0 aromatic carbocycles. The van der Waals surface area contributed by atoms with Crippen LogP contribution in [0, 0.1) is 0 Å². The van der Waals surface area contributed by atoms with E-state index in [1.54, 1.807) is 6.07 Å². The van der Waals surface area contributed by atoms with E-state index in [-0.39, 0.29) is 10.3 Å². The van der Waals surface area contributed by atoms with Crippen LogP contribution in [0.3, 0.4) is 0 Å². The topological polar surface area (TPSA) is 29.0 Å². The molecule has 1 aromatic rings. The minimum Gasteiger partial charge on any atom is -0.366 e. The zero-order chi connectivity index (χ0) is 10.1. The van der Waals surface area contributed by atoms with Crippen LogP contribution in [-0.2, 0) is 0 Å². The minimum atomic E-state index is -0.794. The minimum absolute atomic E-state index is 0.267. The van der Waals surface area contributed by atoms with Crippen molar-refractivity contribution < 1.29 is 4.39 Å². The monoisotopic (exact) mass is 235 g/mol. The van der Waals surface area contributed by atoms with Gasteiger partial charge in [0.05, 0.1) is 5.69 Å². The van der Waals surface area contributed by atoms with Gasteiger partial charge in [-0.1, -0.05) is 23.2 Å². The van der Waals surface area contributed by atoms with Gasteiger partial charge in [0.1, 0.15) is 6.17 Å². The molecular weight excluding hydrogens is 228 g/mol. The van der Waals surface area contributed by atoms with E-state index in [4.69, 9.17) is 23.2 Å². The molecule has 3 nitrogen and oxygen atoms in total. The highest BCUT2D eigenvalue weighted by atomic mass is 35.5. The van der Waals surface area contributed by atoms with Crippen LogP contribution in [0.4, 0.5) is 10.1 Å². The summed E-state index contributed by atoms with van der Waals surface area (Å²) in [4.78, 5) is 1.83. The average Bonchev–Trinajstić information content (AvgIpc) is 2.56. The Morgan fingerprint density at radius 3 is 2.86 bits per heavy atom. The fourth-order valence-corrected chi connectivity index (χ4v) is 1.86. The molecule has 1 aliphatic heterocycles. The standard InChI is InChI=1S/C8H8Cl2FN3/c9-7-3-6(8(10)13-12-7)14-2-1-5(11)4-14/h3,5H,1-2,4H2. The van der Waals surface area contributed by atoms with Gasteiger partial charge in [-0.05, 0) is 6.42 Å². The van der Waals surface area contributed by atoms with E-state index in [0.29, 0.717) is 25.2 Å². The molecule has 6 heteroatoms. The van der Waals surface area contributed by atoms with E-state index in [2.05, 4.69) is 10.2 Å². The molecule has 1 aliphatic rings. The van der Waals surface area contributed by atoms with Crippen molar-refractivity contribution in [2.75, 3.05) is 18.0 Å². The lowest BCUT2D eigenvalue weighted by Crippen LogP contribution is -2.20. The molecule has 14 heavy (non-hydrogen) atoms. The summed E-state index contributed by atoms with van der Waals surface area (Å²) in [7, 11) is 0. The van der Waals surface area contributed by atoms with Crippen molar-refractivity contribution >= 4 is 28.9 Å². The first-order valence-corrected chi connectivity index (χ1v) is 5.00. The molecule has 0 bridgehead atoms. The van der Waals surface area contributed by atoms with E-state index >= 15 is 0 Å². The second-order valence-corrected chi connectivity index (χ2v) is 3.92. The van der Waals surface area contributed by atoms with Crippen molar-refractivity contribution in [3.63, 3.8) is 0 Å². The molecule has 1 atom stereocenters. The number of alkyl halides is 1. The first-order valence-electron chi connectivity index (χ1n) is 4.24. The molecule has 2 heterocycles. The Morgan fingerprint density at radius 2 is 2.21 bits per heavy atom. The van der Waals surface area contributed by atoms with Gasteiger partial charge in [-0.25, -0.2) is 4.39 Å². The third-order valence-electron chi connectivity index (χ3n) is 2.17. The number of hydrogen-bond acceptors (Lipinski definition) is 3. The second kappa shape index (κ2) is 3.87. The molecule has 2 rings (SSSR count). The summed E-state index contributed by atoms with van der Waals surface area (Å²) < 4.78 is 12.9. The van der Waals surface area contributed by atoms with Gasteiger partial charge in [0.25, 0.3) is 0 Å². The smallest absolute Gasteiger partial charge is 0.175 e. The lowest BCUT2D eigenvalue weighted by atomic mass is 10.3. The van der Waals surface area contributed by atoms with Crippen LogP contribution in [0.1, 0.15) is 6.42 Å². The average molecular weight is 236 g/mol. The fourth-order valence-electron chi connectivity index (χ4n) is 1.50. The van der Waals surface area contributed by atoms with Gasteiger partial charge in [0, 0.05) is 19.2 Å². The van der Waals surface area contributed by atoms with Crippen molar-refractivity contribution in [3.8, 4) is 0 Å². The molecule has 1 saturated heterocycles. The van der Waals surface area contributed by atoms with Crippen LogP contribution in [-0.4, -0.2) is 29.5 Å². The zero-order valence-corrected chi connectivity index (χ0v) is 8.76. The molecule has 1 unspecified atom stereocenters. The third-order valence-corrected chi connectivity index (χ3v) is 2.63. The van der Waals surface area contributed by atoms with Gasteiger partial charge in [0.15, 0.2) is 10.3 Å². The van der Waals surface area contributed by atoms with Crippen molar-refractivity contribution in [3.05, 3.63) is 16.4 Å². The Balaban J connectivity index is 2.27. The summed E-state index contributed by atoms with van der Waals surface area (Å²) >= 11 is 11.5. The van der Waals surface area contributed by atoms with Crippen LogP contribution in [0.25, 0.3) is 0 Å². The lowest BCUT2D eigenvalue weighted by Gasteiger charge is -2.17. The molecule has 1 fully saturated rings. The Kier molecular flexibility index (Phi) is 2.74. The Bertz CT molecular complexity index is 347. The van der Waals surface area contributed by atoms with Gasteiger partial charge in [-0.3, -0.25) is 0 Å². The highest BCUT2D eigenvalue weighted by Crippen LogP contribution is 2.28.